The summed E-state index contributed by atoms with van der Waals surface area (Å²) in [4.78, 5) is 0. The standard InChI is InChI=1S/C15H14BrClO2/c1-10-6-7-14(19-9-18-2)12(8-10)11-4-3-5-13(17)15(11)16/h3-8H,9H2,1-2H3. The van der Waals surface area contributed by atoms with E-state index in [9.17, 15) is 0 Å². The first-order valence-corrected chi connectivity index (χ1v) is 6.97. The molecule has 0 spiro atoms. The molecule has 4 heteroatoms. The van der Waals surface area contributed by atoms with E-state index in [4.69, 9.17) is 21.1 Å². The fourth-order valence-electron chi connectivity index (χ4n) is 1.81. The van der Waals surface area contributed by atoms with Gasteiger partial charge in [-0.25, -0.2) is 0 Å². The number of halogens is 2. The van der Waals surface area contributed by atoms with Crippen LogP contribution in [0.25, 0.3) is 11.1 Å². The molecule has 0 aromatic heterocycles. The molecule has 0 amide bonds. The van der Waals surface area contributed by atoms with Crippen LogP contribution < -0.4 is 4.74 Å². The van der Waals surface area contributed by atoms with Crippen LogP contribution >= 0.6 is 27.5 Å². The molecule has 0 aliphatic heterocycles. The molecule has 0 saturated carbocycles. The minimum atomic E-state index is 0.217. The number of hydrogen-bond acceptors (Lipinski definition) is 2. The SMILES string of the molecule is COCOc1ccc(C)cc1-c1cccc(Cl)c1Br. The molecule has 0 aliphatic rings. The third-order valence-corrected chi connectivity index (χ3v) is 4.11. The van der Waals surface area contributed by atoms with Crippen molar-refractivity contribution < 1.29 is 9.47 Å². The van der Waals surface area contributed by atoms with Gasteiger partial charge in [-0.15, -0.1) is 0 Å². The summed E-state index contributed by atoms with van der Waals surface area (Å²) in [6, 6.07) is 11.8. The van der Waals surface area contributed by atoms with Crippen molar-refractivity contribution >= 4 is 27.5 Å². The van der Waals surface area contributed by atoms with E-state index in [1.54, 1.807) is 7.11 Å². The molecule has 100 valence electrons. The zero-order valence-corrected chi connectivity index (χ0v) is 13.1. The number of aryl methyl sites for hydroxylation is 1. The second-order valence-electron chi connectivity index (χ2n) is 4.15. The van der Waals surface area contributed by atoms with Crippen LogP contribution in [0.15, 0.2) is 40.9 Å². The second kappa shape index (κ2) is 6.42. The number of hydrogen-bond donors (Lipinski definition) is 0. The predicted molar refractivity (Wildman–Crippen MR) is 81.8 cm³/mol. The van der Waals surface area contributed by atoms with Crippen molar-refractivity contribution in [1.29, 1.82) is 0 Å². The van der Waals surface area contributed by atoms with E-state index in [2.05, 4.69) is 22.0 Å². The zero-order valence-electron chi connectivity index (χ0n) is 10.7. The van der Waals surface area contributed by atoms with Gasteiger partial charge in [-0.2, -0.15) is 0 Å². The van der Waals surface area contributed by atoms with Crippen LogP contribution in [0.4, 0.5) is 0 Å². The van der Waals surface area contributed by atoms with Gasteiger partial charge in [-0.1, -0.05) is 35.4 Å². The maximum atomic E-state index is 6.15. The lowest BCUT2D eigenvalue weighted by molar-refractivity contribution is 0.0515. The first-order valence-electron chi connectivity index (χ1n) is 5.80. The summed E-state index contributed by atoms with van der Waals surface area (Å²) in [5.74, 6) is 0.774. The molecule has 0 unspecified atom stereocenters. The lowest BCUT2D eigenvalue weighted by Gasteiger charge is -2.13. The maximum Gasteiger partial charge on any atom is 0.188 e. The highest BCUT2D eigenvalue weighted by Gasteiger charge is 2.12. The first-order chi connectivity index (χ1) is 9.13. The van der Waals surface area contributed by atoms with Gasteiger partial charge in [0.15, 0.2) is 6.79 Å². The van der Waals surface area contributed by atoms with Crippen LogP contribution in [0.3, 0.4) is 0 Å². The molecule has 0 fully saturated rings. The average molecular weight is 342 g/mol. The molecule has 0 atom stereocenters. The molecule has 19 heavy (non-hydrogen) atoms. The Morgan fingerprint density at radius 2 is 1.95 bits per heavy atom. The third-order valence-electron chi connectivity index (χ3n) is 2.71. The maximum absolute atomic E-state index is 6.15. The lowest BCUT2D eigenvalue weighted by atomic mass is 10.0. The van der Waals surface area contributed by atoms with Crippen LogP contribution in [0, 0.1) is 6.92 Å². The van der Waals surface area contributed by atoms with Gasteiger partial charge in [0.05, 0.1) is 5.02 Å². The highest BCUT2D eigenvalue weighted by molar-refractivity contribution is 9.10. The Labute approximate surface area is 126 Å². The summed E-state index contributed by atoms with van der Waals surface area (Å²) in [7, 11) is 1.60. The van der Waals surface area contributed by atoms with E-state index in [0.717, 1.165) is 26.9 Å². The fourth-order valence-corrected chi connectivity index (χ4v) is 2.47. The summed E-state index contributed by atoms with van der Waals surface area (Å²) in [6.45, 7) is 2.26. The summed E-state index contributed by atoms with van der Waals surface area (Å²) in [5, 5.41) is 0.677. The minimum Gasteiger partial charge on any atom is -0.467 e. The van der Waals surface area contributed by atoms with E-state index >= 15 is 0 Å². The molecule has 0 radical (unpaired) electrons. The summed E-state index contributed by atoms with van der Waals surface area (Å²) >= 11 is 9.67. The number of rotatable bonds is 4. The van der Waals surface area contributed by atoms with E-state index in [-0.39, 0.29) is 6.79 Å². The smallest absolute Gasteiger partial charge is 0.188 e. The number of benzene rings is 2. The van der Waals surface area contributed by atoms with E-state index < -0.39 is 0 Å². The third kappa shape index (κ3) is 3.30. The molecule has 2 rings (SSSR count). The van der Waals surface area contributed by atoms with Crippen LogP contribution in [0.2, 0.25) is 5.02 Å². The Kier molecular flexibility index (Phi) is 4.86. The Bertz CT molecular complexity index is 584. The van der Waals surface area contributed by atoms with Crippen LogP contribution in [0.5, 0.6) is 5.75 Å². The Balaban J connectivity index is 2.53. The van der Waals surface area contributed by atoms with Gasteiger partial charge in [0.1, 0.15) is 5.75 Å². The Morgan fingerprint density at radius 3 is 2.68 bits per heavy atom. The van der Waals surface area contributed by atoms with Crippen LogP contribution in [-0.2, 0) is 4.74 Å². The minimum absolute atomic E-state index is 0.217. The predicted octanol–water partition coefficient (Wildman–Crippen LogP) is 5.06. The Hall–Kier alpha value is -1.03. The van der Waals surface area contributed by atoms with Crippen LogP contribution in [-0.4, -0.2) is 13.9 Å². The average Bonchev–Trinajstić information content (AvgIpc) is 2.40. The molecule has 0 bridgehead atoms. The summed E-state index contributed by atoms with van der Waals surface area (Å²) in [5.41, 5.74) is 3.15. The van der Waals surface area contributed by atoms with Crippen molar-refractivity contribution in [3.63, 3.8) is 0 Å². The summed E-state index contributed by atoms with van der Waals surface area (Å²) in [6.07, 6.45) is 0. The largest absolute Gasteiger partial charge is 0.467 e. The van der Waals surface area contributed by atoms with Crippen molar-refractivity contribution in [1.82, 2.24) is 0 Å². The normalized spacial score (nSPS) is 10.5. The highest BCUT2D eigenvalue weighted by atomic mass is 79.9. The summed E-state index contributed by atoms with van der Waals surface area (Å²) < 4.78 is 11.4. The number of methoxy groups -OCH3 is 1. The molecule has 0 heterocycles. The number of ether oxygens (including phenoxy) is 2. The van der Waals surface area contributed by atoms with Gasteiger partial charge in [-0.05, 0) is 41.1 Å². The van der Waals surface area contributed by atoms with E-state index in [0.29, 0.717) is 5.02 Å². The van der Waals surface area contributed by atoms with Crippen molar-refractivity contribution in [2.45, 2.75) is 6.92 Å². The van der Waals surface area contributed by atoms with Gasteiger partial charge in [0.2, 0.25) is 0 Å². The topological polar surface area (TPSA) is 18.5 Å². The molecule has 2 aromatic carbocycles. The molecule has 0 aliphatic carbocycles. The van der Waals surface area contributed by atoms with Gasteiger partial charge >= 0.3 is 0 Å². The van der Waals surface area contributed by atoms with Gasteiger partial charge in [-0.3, -0.25) is 0 Å². The van der Waals surface area contributed by atoms with Gasteiger partial charge in [0, 0.05) is 22.7 Å². The molecule has 0 N–H and O–H groups in total. The van der Waals surface area contributed by atoms with E-state index in [1.165, 1.54) is 0 Å². The van der Waals surface area contributed by atoms with Crippen LogP contribution in [0.1, 0.15) is 5.56 Å². The second-order valence-corrected chi connectivity index (χ2v) is 5.35. The van der Waals surface area contributed by atoms with E-state index in [1.807, 2.05) is 37.3 Å². The van der Waals surface area contributed by atoms with Crippen molar-refractivity contribution in [3.05, 3.63) is 51.5 Å². The monoisotopic (exact) mass is 340 g/mol. The highest BCUT2D eigenvalue weighted by Crippen LogP contribution is 2.38. The van der Waals surface area contributed by atoms with Crippen molar-refractivity contribution in [2.75, 3.05) is 13.9 Å². The zero-order chi connectivity index (χ0) is 13.8. The fraction of sp³-hybridized carbons (Fsp3) is 0.200. The van der Waals surface area contributed by atoms with Crippen molar-refractivity contribution in [3.8, 4) is 16.9 Å². The molecule has 2 aromatic rings. The lowest BCUT2D eigenvalue weighted by Crippen LogP contribution is -2.00. The van der Waals surface area contributed by atoms with Gasteiger partial charge in [0.25, 0.3) is 0 Å². The quantitative estimate of drug-likeness (QED) is 0.724. The first kappa shape index (κ1) is 14.4. The molecular formula is C15H14BrClO2. The Morgan fingerprint density at radius 1 is 1.16 bits per heavy atom. The van der Waals surface area contributed by atoms with Crippen molar-refractivity contribution in [2.24, 2.45) is 0 Å². The molecule has 0 saturated heterocycles. The molecule has 2 nitrogen and oxygen atoms in total. The van der Waals surface area contributed by atoms with Gasteiger partial charge < -0.3 is 9.47 Å². The molecular weight excluding hydrogens is 328 g/mol.